The quantitative estimate of drug-likeness (QED) is 0.344. The Morgan fingerprint density at radius 2 is 1.67 bits per heavy atom. The van der Waals surface area contributed by atoms with E-state index in [-0.39, 0.29) is 28.6 Å². The summed E-state index contributed by atoms with van der Waals surface area (Å²) in [6.07, 6.45) is 2.62. The normalized spacial score (nSPS) is 19.6. The van der Waals surface area contributed by atoms with E-state index in [9.17, 15) is 25.0 Å². The lowest BCUT2D eigenvalue weighted by Gasteiger charge is -2.35. The van der Waals surface area contributed by atoms with Gasteiger partial charge in [0.05, 0.1) is 16.4 Å². The summed E-state index contributed by atoms with van der Waals surface area (Å²) in [5.74, 6) is -1.20. The number of halogens is 1. The number of non-ortho nitro benzene ring substituents is 1. The van der Waals surface area contributed by atoms with Gasteiger partial charge < -0.3 is 4.74 Å². The molecule has 3 rings (SSSR count). The zero-order valence-corrected chi connectivity index (χ0v) is 16.9. The number of benzene rings is 2. The van der Waals surface area contributed by atoms with Crippen LogP contribution in [0, 0.1) is 26.1 Å². The van der Waals surface area contributed by atoms with Gasteiger partial charge in [-0.15, -0.1) is 0 Å². The van der Waals surface area contributed by atoms with Gasteiger partial charge in [-0.2, -0.15) is 0 Å². The second-order valence-corrected chi connectivity index (χ2v) is 7.81. The fourth-order valence-corrected chi connectivity index (χ4v) is 4.14. The lowest BCUT2D eigenvalue weighted by molar-refractivity contribution is -0.485. The van der Waals surface area contributed by atoms with E-state index in [0.29, 0.717) is 17.9 Å². The molecule has 1 aliphatic carbocycles. The van der Waals surface area contributed by atoms with Crippen LogP contribution in [-0.4, -0.2) is 28.5 Å². The Balaban J connectivity index is 1.81. The summed E-state index contributed by atoms with van der Waals surface area (Å²) in [4.78, 5) is 33.9. The molecule has 0 bridgehead atoms. The van der Waals surface area contributed by atoms with E-state index >= 15 is 0 Å². The number of nitro groups is 2. The summed E-state index contributed by atoms with van der Waals surface area (Å²) < 4.78 is 5.74. The molecule has 0 radical (unpaired) electrons. The largest absolute Gasteiger partial charge is 0.458 e. The Morgan fingerprint density at radius 3 is 2.27 bits per heavy atom. The number of rotatable bonds is 7. The molecular formula is C21H21ClN2O6. The molecule has 1 fully saturated rings. The number of nitro benzene ring substituents is 1. The van der Waals surface area contributed by atoms with Crippen LogP contribution in [0.25, 0.3) is 0 Å². The molecule has 0 N–H and O–H groups in total. The highest BCUT2D eigenvalue weighted by atomic mass is 35.5. The van der Waals surface area contributed by atoms with Gasteiger partial charge >= 0.3 is 5.97 Å². The van der Waals surface area contributed by atoms with E-state index in [1.54, 1.807) is 24.3 Å². The van der Waals surface area contributed by atoms with Gasteiger partial charge in [-0.3, -0.25) is 20.2 Å². The van der Waals surface area contributed by atoms with Crippen molar-refractivity contribution in [2.75, 3.05) is 6.54 Å². The molecule has 8 nitrogen and oxygen atoms in total. The van der Waals surface area contributed by atoms with Crippen molar-refractivity contribution in [2.24, 2.45) is 5.92 Å². The first-order valence-corrected chi connectivity index (χ1v) is 10.1. The van der Waals surface area contributed by atoms with Crippen LogP contribution in [0.2, 0.25) is 5.02 Å². The standard InChI is InChI=1S/C21H21ClN2O6/c22-16-9-5-14(6-10-16)19(13-23(26)27)18-3-1-2-4-20(18)30-21(25)15-7-11-17(12-8-15)24(28)29/h5-12,18-20H,1-4,13H2/t18-,19?,20+/m1/s1. The average molecular weight is 433 g/mol. The molecule has 158 valence electrons. The van der Waals surface area contributed by atoms with Gasteiger partial charge in [0, 0.05) is 28.0 Å². The second kappa shape index (κ2) is 9.67. The molecule has 9 heteroatoms. The number of hydrogen-bond donors (Lipinski definition) is 0. The van der Waals surface area contributed by atoms with Gasteiger partial charge in [-0.25, -0.2) is 4.79 Å². The number of ether oxygens (including phenoxy) is 1. The van der Waals surface area contributed by atoms with Gasteiger partial charge in [0.15, 0.2) is 0 Å². The molecule has 2 aromatic carbocycles. The van der Waals surface area contributed by atoms with E-state index < -0.39 is 22.9 Å². The van der Waals surface area contributed by atoms with Crippen molar-refractivity contribution >= 4 is 23.3 Å². The van der Waals surface area contributed by atoms with Crippen molar-refractivity contribution in [2.45, 2.75) is 37.7 Å². The fraction of sp³-hybridized carbons (Fsp3) is 0.381. The van der Waals surface area contributed by atoms with Gasteiger partial charge in [-0.1, -0.05) is 30.2 Å². The molecule has 0 aromatic heterocycles. The van der Waals surface area contributed by atoms with E-state index in [1.807, 2.05) is 0 Å². The van der Waals surface area contributed by atoms with E-state index in [1.165, 1.54) is 24.3 Å². The topological polar surface area (TPSA) is 113 Å². The van der Waals surface area contributed by atoms with Gasteiger partial charge in [-0.05, 0) is 49.1 Å². The third-order valence-electron chi connectivity index (χ3n) is 5.49. The summed E-state index contributed by atoms with van der Waals surface area (Å²) >= 11 is 5.96. The molecule has 1 unspecified atom stereocenters. The fourth-order valence-electron chi connectivity index (χ4n) is 4.02. The maximum absolute atomic E-state index is 12.6. The van der Waals surface area contributed by atoms with Crippen LogP contribution in [0.3, 0.4) is 0 Å². The monoisotopic (exact) mass is 432 g/mol. The SMILES string of the molecule is O=C(O[C@H]1CCCC[C@@H]1C(C[N+](=O)[O-])c1ccc(Cl)cc1)c1ccc([N+](=O)[O-])cc1. The third-order valence-corrected chi connectivity index (χ3v) is 5.74. The first-order valence-electron chi connectivity index (χ1n) is 9.68. The number of carbonyl (C=O) groups is 1. The molecule has 0 saturated heterocycles. The lowest BCUT2D eigenvalue weighted by atomic mass is 9.75. The van der Waals surface area contributed by atoms with Crippen LogP contribution in [0.4, 0.5) is 5.69 Å². The summed E-state index contributed by atoms with van der Waals surface area (Å²) in [5.41, 5.74) is 0.887. The van der Waals surface area contributed by atoms with Gasteiger partial charge in [0.1, 0.15) is 6.10 Å². The second-order valence-electron chi connectivity index (χ2n) is 7.37. The van der Waals surface area contributed by atoms with Crippen molar-refractivity contribution in [3.8, 4) is 0 Å². The molecule has 0 aliphatic heterocycles. The predicted molar refractivity (Wildman–Crippen MR) is 110 cm³/mol. The number of nitrogens with zero attached hydrogens (tertiary/aromatic N) is 2. The van der Waals surface area contributed by atoms with E-state index in [0.717, 1.165) is 18.4 Å². The van der Waals surface area contributed by atoms with Crippen LogP contribution in [-0.2, 0) is 4.74 Å². The molecule has 0 spiro atoms. The summed E-state index contributed by atoms with van der Waals surface area (Å²) in [6, 6.07) is 12.2. The van der Waals surface area contributed by atoms with Crippen LogP contribution in [0.15, 0.2) is 48.5 Å². The summed E-state index contributed by atoms with van der Waals surface area (Å²) in [5, 5.41) is 22.7. The summed E-state index contributed by atoms with van der Waals surface area (Å²) in [6.45, 7) is -0.266. The smallest absolute Gasteiger partial charge is 0.338 e. The molecule has 3 atom stereocenters. The highest BCUT2D eigenvalue weighted by Crippen LogP contribution is 2.38. The lowest BCUT2D eigenvalue weighted by Crippen LogP contribution is -2.36. The zero-order valence-electron chi connectivity index (χ0n) is 16.1. The predicted octanol–water partition coefficient (Wildman–Crippen LogP) is 5.02. The molecule has 1 aliphatic rings. The first kappa shape index (κ1) is 21.7. The average Bonchev–Trinajstić information content (AvgIpc) is 2.73. The van der Waals surface area contributed by atoms with E-state index in [4.69, 9.17) is 16.3 Å². The highest BCUT2D eigenvalue weighted by Gasteiger charge is 2.38. The molecule has 2 aromatic rings. The first-order chi connectivity index (χ1) is 14.3. The van der Waals surface area contributed by atoms with Gasteiger partial charge in [0.2, 0.25) is 6.54 Å². The third kappa shape index (κ3) is 5.33. The molecule has 0 heterocycles. The Bertz CT molecular complexity index is 916. The van der Waals surface area contributed by atoms with E-state index in [2.05, 4.69) is 0 Å². The highest BCUT2D eigenvalue weighted by molar-refractivity contribution is 6.30. The summed E-state index contributed by atoms with van der Waals surface area (Å²) in [7, 11) is 0. The Labute approximate surface area is 178 Å². The van der Waals surface area contributed by atoms with Crippen LogP contribution >= 0.6 is 11.6 Å². The zero-order chi connectivity index (χ0) is 21.7. The maximum atomic E-state index is 12.6. The maximum Gasteiger partial charge on any atom is 0.338 e. The Kier molecular flexibility index (Phi) is 6.99. The number of hydrogen-bond acceptors (Lipinski definition) is 6. The minimum Gasteiger partial charge on any atom is -0.458 e. The van der Waals surface area contributed by atoms with Crippen molar-refractivity contribution < 1.29 is 19.4 Å². The minimum atomic E-state index is -0.585. The van der Waals surface area contributed by atoms with Crippen LogP contribution < -0.4 is 0 Å². The van der Waals surface area contributed by atoms with Crippen molar-refractivity contribution in [1.82, 2.24) is 0 Å². The Morgan fingerprint density at radius 1 is 1.03 bits per heavy atom. The van der Waals surface area contributed by atoms with Crippen molar-refractivity contribution in [1.29, 1.82) is 0 Å². The van der Waals surface area contributed by atoms with Crippen LogP contribution in [0.5, 0.6) is 0 Å². The molecule has 1 saturated carbocycles. The molecule has 0 amide bonds. The number of carbonyl (C=O) groups excluding carboxylic acids is 1. The van der Waals surface area contributed by atoms with Crippen molar-refractivity contribution in [3.63, 3.8) is 0 Å². The Hall–Kier alpha value is -3.00. The minimum absolute atomic E-state index is 0.115. The van der Waals surface area contributed by atoms with Crippen LogP contribution in [0.1, 0.15) is 47.5 Å². The van der Waals surface area contributed by atoms with Gasteiger partial charge in [0.25, 0.3) is 5.69 Å². The molecular weight excluding hydrogens is 412 g/mol. The molecule has 30 heavy (non-hydrogen) atoms. The van der Waals surface area contributed by atoms with Crippen molar-refractivity contribution in [3.05, 3.63) is 84.9 Å². The number of esters is 1.